The van der Waals surface area contributed by atoms with Gasteiger partial charge in [0.05, 0.1) is 0 Å². The molecule has 0 radical (unpaired) electrons. The van der Waals surface area contributed by atoms with E-state index in [-0.39, 0.29) is 0 Å². The molecule has 0 unspecified atom stereocenters. The van der Waals surface area contributed by atoms with E-state index in [4.69, 9.17) is 27.9 Å². The van der Waals surface area contributed by atoms with Crippen LogP contribution in [0.5, 0.6) is 0 Å². The molecule has 0 aliphatic heterocycles. The second kappa shape index (κ2) is 12.3. The van der Waals surface area contributed by atoms with Gasteiger partial charge < -0.3 is 6.92 Å². The minimum atomic E-state index is -1.92. The molecule has 0 fully saturated rings. The van der Waals surface area contributed by atoms with Gasteiger partial charge in [0.1, 0.15) is 0 Å². The zero-order valence-corrected chi connectivity index (χ0v) is 9.29. The molecule has 0 aromatic rings. The van der Waals surface area contributed by atoms with Crippen LogP contribution in [0.1, 0.15) is 26.2 Å². The second-order valence-corrected chi connectivity index (χ2v) is 9.16. The van der Waals surface area contributed by atoms with Crippen molar-refractivity contribution in [3.8, 4) is 0 Å². The van der Waals surface area contributed by atoms with Crippen LogP contribution < -0.4 is 0 Å². The molecule has 0 bridgehead atoms. The van der Waals surface area contributed by atoms with E-state index >= 15 is 0 Å². The monoisotopic (exact) mass is 224 g/mol. The van der Waals surface area contributed by atoms with Gasteiger partial charge in [0.15, 0.2) is 0 Å². The van der Waals surface area contributed by atoms with Crippen LogP contribution in [0, 0.1) is 6.92 Å². The van der Waals surface area contributed by atoms with Crippen LogP contribution in [-0.4, -0.2) is 0 Å². The number of hydrogen-bond donors (Lipinski definition) is 0. The third-order valence-electron chi connectivity index (χ3n) is 0.604. The topological polar surface area (TPSA) is 0 Å². The molecule has 0 atom stereocenters. The van der Waals surface area contributed by atoms with E-state index in [0.29, 0.717) is 0 Å². The van der Waals surface area contributed by atoms with Gasteiger partial charge in [0, 0.05) is 0 Å². The van der Waals surface area contributed by atoms with Crippen molar-refractivity contribution in [3.05, 3.63) is 6.92 Å². The van der Waals surface area contributed by atoms with Crippen LogP contribution in [0.4, 0.5) is 0 Å². The van der Waals surface area contributed by atoms with Crippen LogP contribution in [0.3, 0.4) is 0 Å². The van der Waals surface area contributed by atoms with Crippen LogP contribution >= 0.6 is 27.9 Å². The maximum atomic E-state index is 4.97. The first-order valence-corrected chi connectivity index (χ1v) is 9.22. The number of rotatable bonds is 2. The summed E-state index contributed by atoms with van der Waals surface area (Å²) in [7, 11) is 14.9. The van der Waals surface area contributed by atoms with Crippen LogP contribution in [0.2, 0.25) is 0 Å². The van der Waals surface area contributed by atoms with Gasteiger partial charge in [-0.1, -0.05) is 19.8 Å². The molecule has 0 rings (SSSR count). The average Bonchev–Trinajstić information content (AvgIpc) is 1.66. The van der Waals surface area contributed by atoms with E-state index in [1.54, 1.807) is 0 Å². The molecule has 56 valence electrons. The first-order chi connectivity index (χ1) is 4.15. The fourth-order valence-corrected chi connectivity index (χ4v) is 0.250. The summed E-state index contributed by atoms with van der Waals surface area (Å²) in [5.74, 6) is 0. The minimum absolute atomic E-state index is 1.09. The Morgan fingerprint density at radius 3 is 1.67 bits per heavy atom. The standard InChI is InChI=1S/C5H11.3ClH.Ti/c1-3-5-4-2;;;;/h1,3-5H2,2H3;3*1H;/q-1;;;;+4/p-3. The Morgan fingerprint density at radius 2 is 1.67 bits per heavy atom. The molecule has 0 aliphatic rings. The summed E-state index contributed by atoms with van der Waals surface area (Å²) in [5, 5.41) is 0. The van der Waals surface area contributed by atoms with Gasteiger partial charge in [0.2, 0.25) is 0 Å². The zero-order valence-electron chi connectivity index (χ0n) is 5.46. The first kappa shape index (κ1) is 13.2. The fourth-order valence-electron chi connectivity index (χ4n) is 0.250. The summed E-state index contributed by atoms with van der Waals surface area (Å²) >= 11 is -1.92. The van der Waals surface area contributed by atoms with Gasteiger partial charge in [-0.15, -0.1) is 0 Å². The zero-order chi connectivity index (χ0) is 7.70. The Hall–Kier alpha value is 1.58. The molecule has 0 saturated carbocycles. The molecule has 4 heteroatoms. The van der Waals surface area contributed by atoms with Crippen molar-refractivity contribution in [2.24, 2.45) is 0 Å². The van der Waals surface area contributed by atoms with Gasteiger partial charge >= 0.3 is 42.6 Å². The number of halogens is 3. The summed E-state index contributed by atoms with van der Waals surface area (Å²) in [5.41, 5.74) is 0. The van der Waals surface area contributed by atoms with Crippen LogP contribution in [0.15, 0.2) is 0 Å². The second-order valence-electron chi connectivity index (χ2n) is 1.42. The molecule has 0 nitrogen and oxygen atoms in total. The quantitative estimate of drug-likeness (QED) is 0.491. The van der Waals surface area contributed by atoms with Crippen molar-refractivity contribution in [2.45, 2.75) is 26.2 Å². The normalized spacial score (nSPS) is 7.67. The molecule has 0 heterocycles. The molecule has 0 aromatic carbocycles. The van der Waals surface area contributed by atoms with Crippen molar-refractivity contribution >= 4 is 27.9 Å². The molecule has 0 amide bonds. The molecule has 0 N–H and O–H groups in total. The van der Waals surface area contributed by atoms with E-state index < -0.39 is 14.7 Å². The Labute approximate surface area is 75.3 Å². The molecular formula is C5H11Cl3Ti. The van der Waals surface area contributed by atoms with Crippen molar-refractivity contribution in [3.63, 3.8) is 0 Å². The van der Waals surface area contributed by atoms with Crippen molar-refractivity contribution in [2.75, 3.05) is 0 Å². The molecule has 0 saturated heterocycles. The molecule has 0 spiro atoms. The Bertz CT molecular complexity index is 36.4. The molecule has 0 aliphatic carbocycles. The van der Waals surface area contributed by atoms with Gasteiger partial charge in [-0.2, -0.15) is 6.42 Å². The van der Waals surface area contributed by atoms with Gasteiger partial charge in [-0.25, -0.2) is 0 Å². The van der Waals surface area contributed by atoms with Crippen molar-refractivity contribution in [1.82, 2.24) is 0 Å². The van der Waals surface area contributed by atoms with E-state index in [1.165, 1.54) is 12.8 Å². The number of hydrogen-bond acceptors (Lipinski definition) is 0. The van der Waals surface area contributed by atoms with E-state index in [1.807, 2.05) is 0 Å². The summed E-state index contributed by atoms with van der Waals surface area (Å²) in [6, 6.07) is 0. The SMILES string of the molecule is [CH2-]CCCC.[Cl][Ti+]([Cl])[Cl]. The van der Waals surface area contributed by atoms with Gasteiger partial charge in [0.25, 0.3) is 0 Å². The van der Waals surface area contributed by atoms with Crippen molar-refractivity contribution in [1.29, 1.82) is 0 Å². The molecular weight excluding hydrogens is 214 g/mol. The van der Waals surface area contributed by atoms with Crippen LogP contribution in [0.25, 0.3) is 0 Å². The van der Waals surface area contributed by atoms with Crippen LogP contribution in [-0.2, 0) is 14.7 Å². The Kier molecular flexibility index (Phi) is 18.0. The maximum absolute atomic E-state index is 4.97. The molecule has 0 aromatic heterocycles. The van der Waals surface area contributed by atoms with E-state index in [0.717, 1.165) is 6.42 Å². The summed E-state index contributed by atoms with van der Waals surface area (Å²) in [6.45, 7) is 5.85. The summed E-state index contributed by atoms with van der Waals surface area (Å²) in [6.07, 6.45) is 3.65. The third kappa shape index (κ3) is 42.9. The van der Waals surface area contributed by atoms with E-state index in [2.05, 4.69) is 13.8 Å². The fraction of sp³-hybridized carbons (Fsp3) is 0.800. The Morgan fingerprint density at radius 1 is 1.33 bits per heavy atom. The predicted molar refractivity (Wildman–Crippen MR) is 42.4 cm³/mol. The summed E-state index contributed by atoms with van der Waals surface area (Å²) in [4.78, 5) is 0. The van der Waals surface area contributed by atoms with E-state index in [9.17, 15) is 0 Å². The number of unbranched alkanes of at least 4 members (excludes halogenated alkanes) is 2. The van der Waals surface area contributed by atoms with Gasteiger partial charge in [-0.3, -0.25) is 0 Å². The average molecular weight is 225 g/mol. The Balaban J connectivity index is 0. The summed E-state index contributed by atoms with van der Waals surface area (Å²) < 4.78 is 0. The third-order valence-corrected chi connectivity index (χ3v) is 0.604. The van der Waals surface area contributed by atoms with Gasteiger partial charge in [-0.05, 0) is 0 Å². The van der Waals surface area contributed by atoms with Crippen molar-refractivity contribution < 1.29 is 14.7 Å². The molecule has 9 heavy (non-hydrogen) atoms. The predicted octanol–water partition coefficient (Wildman–Crippen LogP) is 4.08. The first-order valence-electron chi connectivity index (χ1n) is 2.77.